The van der Waals surface area contributed by atoms with Crippen LogP contribution in [0.15, 0.2) is 72.8 Å². The van der Waals surface area contributed by atoms with Crippen LogP contribution in [-0.2, 0) is 4.79 Å². The zero-order chi connectivity index (χ0) is 22.2. The molecular weight excluding hydrogens is 457 g/mol. The van der Waals surface area contributed by atoms with Crippen LogP contribution in [0.4, 0.5) is 0 Å². The van der Waals surface area contributed by atoms with Crippen molar-refractivity contribution in [3.05, 3.63) is 88.4 Å². The fourth-order valence-electron chi connectivity index (χ4n) is 2.63. The molecule has 0 bridgehead atoms. The normalized spacial score (nSPS) is 10.1. The minimum absolute atomic E-state index is 0.103. The summed E-state index contributed by atoms with van der Waals surface area (Å²) in [5, 5.41) is 2.90. The Balaban J connectivity index is 1.50. The molecule has 0 aliphatic carbocycles. The monoisotopic (exact) mass is 473 g/mol. The van der Waals surface area contributed by atoms with Crippen LogP contribution in [0.3, 0.4) is 0 Å². The van der Waals surface area contributed by atoms with Crippen LogP contribution < -0.4 is 20.9 Å². The van der Waals surface area contributed by atoms with Crippen molar-refractivity contribution in [3.63, 3.8) is 0 Å². The Hall–Kier alpha value is -3.13. The Morgan fingerprint density at radius 2 is 1.61 bits per heavy atom. The van der Waals surface area contributed by atoms with Crippen LogP contribution in [0, 0.1) is 0 Å². The number of halogens is 2. The van der Waals surface area contributed by atoms with E-state index < -0.39 is 11.8 Å². The molecule has 31 heavy (non-hydrogen) atoms. The van der Waals surface area contributed by atoms with Crippen molar-refractivity contribution in [2.45, 2.75) is 0 Å². The van der Waals surface area contributed by atoms with Gasteiger partial charge in [0.2, 0.25) is 0 Å². The van der Waals surface area contributed by atoms with Crippen molar-refractivity contribution in [1.82, 2.24) is 16.2 Å². The van der Waals surface area contributed by atoms with E-state index in [4.69, 9.17) is 40.2 Å². The lowest BCUT2D eigenvalue weighted by Gasteiger charge is -2.13. The van der Waals surface area contributed by atoms with E-state index in [0.29, 0.717) is 10.8 Å². The Morgan fingerprint density at radius 1 is 0.903 bits per heavy atom. The van der Waals surface area contributed by atoms with Gasteiger partial charge in [0.05, 0.1) is 10.6 Å². The molecule has 0 aromatic heterocycles. The average molecular weight is 474 g/mol. The maximum atomic E-state index is 12.2. The molecule has 0 radical (unpaired) electrons. The van der Waals surface area contributed by atoms with Crippen molar-refractivity contribution in [2.24, 2.45) is 0 Å². The van der Waals surface area contributed by atoms with Crippen molar-refractivity contribution in [2.75, 3.05) is 6.61 Å². The highest BCUT2D eigenvalue weighted by Crippen LogP contribution is 2.29. The average Bonchev–Trinajstić information content (AvgIpc) is 2.77. The van der Waals surface area contributed by atoms with E-state index in [0.717, 1.165) is 11.1 Å². The van der Waals surface area contributed by atoms with Crippen LogP contribution >= 0.6 is 35.4 Å². The lowest BCUT2D eigenvalue weighted by atomic mass is 10.1. The molecule has 2 amide bonds. The van der Waals surface area contributed by atoms with E-state index in [-0.39, 0.29) is 22.3 Å². The number of amides is 2. The Bertz CT molecular complexity index is 1110. The Morgan fingerprint density at radius 3 is 2.35 bits per heavy atom. The van der Waals surface area contributed by atoms with E-state index in [1.165, 1.54) is 18.2 Å². The van der Waals surface area contributed by atoms with Gasteiger partial charge in [-0.1, -0.05) is 71.7 Å². The quantitative estimate of drug-likeness (QED) is 0.378. The smallest absolute Gasteiger partial charge is 0.276 e. The van der Waals surface area contributed by atoms with Crippen LogP contribution in [0.2, 0.25) is 10.0 Å². The fraction of sp³-hybridized carbons (Fsp3) is 0.0455. The number of carbonyl (C=O) groups is 2. The molecular formula is C22H17Cl2N3O3S. The first kappa shape index (κ1) is 22.6. The van der Waals surface area contributed by atoms with Gasteiger partial charge in [-0.25, -0.2) is 0 Å². The molecule has 6 nitrogen and oxygen atoms in total. The number of benzene rings is 3. The highest BCUT2D eigenvalue weighted by molar-refractivity contribution is 7.80. The number of para-hydroxylation sites is 1. The molecule has 3 rings (SSSR count). The molecule has 0 aliphatic heterocycles. The molecule has 3 N–H and O–H groups in total. The lowest BCUT2D eigenvalue weighted by Crippen LogP contribution is -2.49. The minimum Gasteiger partial charge on any atom is -0.483 e. The molecule has 0 heterocycles. The zero-order valence-corrected chi connectivity index (χ0v) is 18.4. The zero-order valence-electron chi connectivity index (χ0n) is 16.0. The fourth-order valence-corrected chi connectivity index (χ4v) is 3.27. The van der Waals surface area contributed by atoms with Gasteiger partial charge < -0.3 is 4.74 Å². The van der Waals surface area contributed by atoms with Gasteiger partial charge in [-0.15, -0.1) is 0 Å². The Labute approximate surface area is 194 Å². The molecule has 9 heteroatoms. The maximum Gasteiger partial charge on any atom is 0.276 e. The summed E-state index contributed by atoms with van der Waals surface area (Å²) in [6.45, 7) is -0.254. The first-order valence-corrected chi connectivity index (χ1v) is 10.2. The standard InChI is InChI=1S/C22H17Cl2N3O3S/c23-15-10-11-17(18(24)12-15)21(29)25-22(31)27-26-20(28)13-30-19-9-5-4-8-16(19)14-6-2-1-3-7-14/h1-12H,13H2,(H,26,28)(H2,25,27,29,31). The summed E-state index contributed by atoms with van der Waals surface area (Å²) in [6.07, 6.45) is 0. The van der Waals surface area contributed by atoms with Gasteiger partial charge >= 0.3 is 0 Å². The van der Waals surface area contributed by atoms with Gasteiger partial charge in [0, 0.05) is 10.6 Å². The number of nitrogens with one attached hydrogen (secondary N) is 3. The topological polar surface area (TPSA) is 79.5 Å². The molecule has 0 unspecified atom stereocenters. The van der Waals surface area contributed by atoms with E-state index >= 15 is 0 Å². The van der Waals surface area contributed by atoms with Crippen molar-refractivity contribution in [3.8, 4) is 16.9 Å². The van der Waals surface area contributed by atoms with Crippen molar-refractivity contribution in [1.29, 1.82) is 0 Å². The van der Waals surface area contributed by atoms with Crippen molar-refractivity contribution >= 4 is 52.3 Å². The van der Waals surface area contributed by atoms with E-state index in [1.807, 2.05) is 48.5 Å². The molecule has 0 saturated carbocycles. The predicted octanol–water partition coefficient (Wildman–Crippen LogP) is 4.37. The molecule has 0 atom stereocenters. The molecule has 0 fully saturated rings. The highest BCUT2D eigenvalue weighted by atomic mass is 35.5. The van der Waals surface area contributed by atoms with Crippen LogP contribution in [0.25, 0.3) is 11.1 Å². The second-order valence-electron chi connectivity index (χ2n) is 6.23. The van der Waals surface area contributed by atoms with Crippen LogP contribution in [0.1, 0.15) is 10.4 Å². The molecule has 3 aromatic carbocycles. The summed E-state index contributed by atoms with van der Waals surface area (Å²) >= 11 is 16.8. The summed E-state index contributed by atoms with van der Waals surface area (Å²) in [7, 11) is 0. The first-order chi connectivity index (χ1) is 14.9. The summed E-state index contributed by atoms with van der Waals surface area (Å²) < 4.78 is 5.65. The number of thiocarbonyl (C=S) groups is 1. The number of hydrogen-bond acceptors (Lipinski definition) is 4. The molecule has 0 spiro atoms. The van der Waals surface area contributed by atoms with E-state index in [1.54, 1.807) is 6.07 Å². The SMILES string of the molecule is O=C(COc1ccccc1-c1ccccc1)NNC(=S)NC(=O)c1ccc(Cl)cc1Cl. The van der Waals surface area contributed by atoms with Gasteiger partial charge in [0.15, 0.2) is 11.7 Å². The van der Waals surface area contributed by atoms with Gasteiger partial charge in [-0.3, -0.25) is 25.8 Å². The Kier molecular flexibility index (Phi) is 7.83. The third kappa shape index (κ3) is 6.42. The summed E-state index contributed by atoms with van der Waals surface area (Å²) in [6, 6.07) is 21.5. The number of hydrogen-bond donors (Lipinski definition) is 3. The summed E-state index contributed by atoms with van der Waals surface area (Å²) in [5.74, 6) is -0.456. The van der Waals surface area contributed by atoms with E-state index in [9.17, 15) is 9.59 Å². The minimum atomic E-state index is -0.540. The third-order valence-corrected chi connectivity index (χ3v) is 4.80. The number of ether oxygens (including phenoxy) is 1. The largest absolute Gasteiger partial charge is 0.483 e. The number of carbonyl (C=O) groups excluding carboxylic acids is 2. The molecule has 158 valence electrons. The maximum absolute atomic E-state index is 12.2. The van der Waals surface area contributed by atoms with Gasteiger partial charge in [-0.05, 0) is 42.0 Å². The second kappa shape index (κ2) is 10.8. The molecule has 0 saturated heterocycles. The highest BCUT2D eigenvalue weighted by Gasteiger charge is 2.13. The van der Waals surface area contributed by atoms with Crippen molar-refractivity contribution < 1.29 is 14.3 Å². The van der Waals surface area contributed by atoms with Crippen LogP contribution in [-0.4, -0.2) is 23.5 Å². The van der Waals surface area contributed by atoms with Crippen LogP contribution in [0.5, 0.6) is 5.75 Å². The summed E-state index contributed by atoms with van der Waals surface area (Å²) in [4.78, 5) is 24.3. The lowest BCUT2D eigenvalue weighted by molar-refractivity contribution is -0.123. The van der Waals surface area contributed by atoms with Gasteiger partial charge in [0.25, 0.3) is 11.8 Å². The number of hydrazine groups is 1. The molecule has 0 aliphatic rings. The third-order valence-electron chi connectivity index (χ3n) is 4.05. The van der Waals surface area contributed by atoms with Gasteiger partial charge in [-0.2, -0.15) is 0 Å². The first-order valence-electron chi connectivity index (χ1n) is 9.06. The van der Waals surface area contributed by atoms with E-state index in [2.05, 4.69) is 16.2 Å². The van der Waals surface area contributed by atoms with Gasteiger partial charge in [0.1, 0.15) is 5.75 Å². The number of rotatable bonds is 5. The predicted molar refractivity (Wildman–Crippen MR) is 125 cm³/mol. The summed E-state index contributed by atoms with van der Waals surface area (Å²) in [5.41, 5.74) is 6.85. The molecule has 3 aromatic rings. The second-order valence-corrected chi connectivity index (χ2v) is 7.48.